The highest BCUT2D eigenvalue weighted by Crippen LogP contribution is 2.31. The van der Waals surface area contributed by atoms with Crippen LogP contribution >= 0.6 is 27.5 Å². The lowest BCUT2D eigenvalue weighted by Crippen LogP contribution is -2.51. The molecule has 0 aromatic heterocycles. The van der Waals surface area contributed by atoms with E-state index in [2.05, 4.69) is 75.5 Å². The Hall–Kier alpha value is -1.03. The molecule has 1 aliphatic heterocycles. The predicted octanol–water partition coefficient (Wildman–Crippen LogP) is 4.64. The molecule has 1 fully saturated rings. The Labute approximate surface area is 139 Å². The van der Waals surface area contributed by atoms with Gasteiger partial charge in [-0.1, -0.05) is 41.9 Å². The molecular formula is C17H18BrClN2. The Bertz CT molecular complexity index is 617. The SMILES string of the molecule is CC1CNC(c2ccccc2)CN1c1ccc(Cl)c(Br)c1. The zero-order valence-electron chi connectivity index (χ0n) is 11.9. The maximum Gasteiger partial charge on any atom is 0.0549 e. The molecule has 0 bridgehead atoms. The summed E-state index contributed by atoms with van der Waals surface area (Å²) in [7, 11) is 0. The standard InChI is InChI=1S/C17H18BrClN2/c1-12-10-20-17(13-5-3-2-4-6-13)11-21(12)14-7-8-16(19)15(18)9-14/h2-9,12,17,20H,10-11H2,1H3. The van der Waals surface area contributed by atoms with Crippen LogP contribution < -0.4 is 10.2 Å². The molecule has 2 aromatic carbocycles. The second-order valence-electron chi connectivity index (χ2n) is 5.47. The van der Waals surface area contributed by atoms with Crippen molar-refractivity contribution in [2.45, 2.75) is 19.0 Å². The Balaban J connectivity index is 1.85. The molecule has 0 radical (unpaired) electrons. The van der Waals surface area contributed by atoms with Gasteiger partial charge in [0.05, 0.1) is 5.02 Å². The molecule has 21 heavy (non-hydrogen) atoms. The quantitative estimate of drug-likeness (QED) is 0.834. The normalized spacial score (nSPS) is 22.3. The molecule has 110 valence electrons. The summed E-state index contributed by atoms with van der Waals surface area (Å²) in [5.74, 6) is 0. The van der Waals surface area contributed by atoms with E-state index in [1.807, 2.05) is 6.07 Å². The molecule has 0 amide bonds. The summed E-state index contributed by atoms with van der Waals surface area (Å²) in [5, 5.41) is 4.38. The van der Waals surface area contributed by atoms with E-state index in [9.17, 15) is 0 Å². The van der Waals surface area contributed by atoms with Crippen LogP contribution in [0.2, 0.25) is 5.02 Å². The van der Waals surface area contributed by atoms with Crippen LogP contribution in [0.3, 0.4) is 0 Å². The number of nitrogens with one attached hydrogen (secondary N) is 1. The van der Waals surface area contributed by atoms with E-state index < -0.39 is 0 Å². The van der Waals surface area contributed by atoms with Crippen molar-refractivity contribution in [1.82, 2.24) is 5.32 Å². The van der Waals surface area contributed by atoms with Gasteiger partial charge in [0.25, 0.3) is 0 Å². The minimum atomic E-state index is 0.358. The predicted molar refractivity (Wildman–Crippen MR) is 93.1 cm³/mol. The van der Waals surface area contributed by atoms with Crippen LogP contribution in [0.25, 0.3) is 0 Å². The number of nitrogens with zero attached hydrogens (tertiary/aromatic N) is 1. The number of hydrogen-bond acceptors (Lipinski definition) is 2. The number of halogens is 2. The average Bonchev–Trinajstić information content (AvgIpc) is 2.51. The van der Waals surface area contributed by atoms with Crippen molar-refractivity contribution in [2.24, 2.45) is 0 Å². The van der Waals surface area contributed by atoms with Crippen molar-refractivity contribution in [1.29, 1.82) is 0 Å². The van der Waals surface area contributed by atoms with Gasteiger partial charge in [-0.3, -0.25) is 0 Å². The van der Waals surface area contributed by atoms with Gasteiger partial charge in [0.1, 0.15) is 0 Å². The highest BCUT2D eigenvalue weighted by atomic mass is 79.9. The van der Waals surface area contributed by atoms with Gasteiger partial charge in [0.15, 0.2) is 0 Å². The summed E-state index contributed by atoms with van der Waals surface area (Å²) < 4.78 is 0.948. The third-order valence-electron chi connectivity index (χ3n) is 4.01. The third kappa shape index (κ3) is 3.25. The van der Waals surface area contributed by atoms with Crippen molar-refractivity contribution in [3.8, 4) is 0 Å². The van der Waals surface area contributed by atoms with Gasteiger partial charge in [0.2, 0.25) is 0 Å². The topological polar surface area (TPSA) is 15.3 Å². The fourth-order valence-electron chi connectivity index (χ4n) is 2.80. The summed E-state index contributed by atoms with van der Waals surface area (Å²) in [6.07, 6.45) is 0. The molecule has 2 unspecified atom stereocenters. The molecule has 0 spiro atoms. The van der Waals surface area contributed by atoms with Gasteiger partial charge in [-0.25, -0.2) is 0 Å². The number of anilines is 1. The Morgan fingerprint density at radius 2 is 1.95 bits per heavy atom. The largest absolute Gasteiger partial charge is 0.366 e. The minimum absolute atomic E-state index is 0.358. The molecule has 0 saturated carbocycles. The molecule has 1 N–H and O–H groups in total. The molecule has 3 rings (SSSR count). The first kappa shape index (κ1) is 14.9. The summed E-state index contributed by atoms with van der Waals surface area (Å²) in [4.78, 5) is 2.44. The zero-order valence-corrected chi connectivity index (χ0v) is 14.2. The Morgan fingerprint density at radius 1 is 1.19 bits per heavy atom. The zero-order chi connectivity index (χ0) is 14.8. The molecule has 1 aliphatic rings. The van der Waals surface area contributed by atoms with Gasteiger partial charge < -0.3 is 10.2 Å². The van der Waals surface area contributed by atoms with Crippen LogP contribution in [0.1, 0.15) is 18.5 Å². The summed E-state index contributed by atoms with van der Waals surface area (Å²) >= 11 is 9.62. The van der Waals surface area contributed by atoms with Gasteiger partial charge in [-0.05, 0) is 46.6 Å². The third-order valence-corrected chi connectivity index (χ3v) is 5.22. The molecule has 2 aromatic rings. The highest BCUT2D eigenvalue weighted by molar-refractivity contribution is 9.10. The van der Waals surface area contributed by atoms with E-state index >= 15 is 0 Å². The van der Waals surface area contributed by atoms with Crippen LogP contribution in [0.4, 0.5) is 5.69 Å². The maximum atomic E-state index is 6.10. The van der Waals surface area contributed by atoms with Crippen LogP contribution in [-0.2, 0) is 0 Å². The van der Waals surface area contributed by atoms with Crippen LogP contribution in [0.15, 0.2) is 53.0 Å². The minimum Gasteiger partial charge on any atom is -0.366 e. The van der Waals surface area contributed by atoms with Crippen molar-refractivity contribution in [3.05, 3.63) is 63.6 Å². The van der Waals surface area contributed by atoms with Crippen LogP contribution in [0, 0.1) is 0 Å². The Morgan fingerprint density at radius 3 is 2.67 bits per heavy atom. The molecular weight excluding hydrogens is 348 g/mol. The maximum absolute atomic E-state index is 6.10. The van der Waals surface area contributed by atoms with E-state index in [0.29, 0.717) is 12.1 Å². The number of benzene rings is 2. The molecule has 2 nitrogen and oxygen atoms in total. The van der Waals surface area contributed by atoms with Gasteiger partial charge in [-0.2, -0.15) is 0 Å². The molecule has 4 heteroatoms. The lowest BCUT2D eigenvalue weighted by molar-refractivity contribution is 0.414. The van der Waals surface area contributed by atoms with E-state index in [1.165, 1.54) is 11.3 Å². The Kier molecular flexibility index (Phi) is 4.53. The first-order valence-electron chi connectivity index (χ1n) is 7.15. The number of piperazine rings is 1. The van der Waals surface area contributed by atoms with Crippen molar-refractivity contribution in [3.63, 3.8) is 0 Å². The fraction of sp³-hybridized carbons (Fsp3) is 0.294. The van der Waals surface area contributed by atoms with E-state index in [1.54, 1.807) is 0 Å². The molecule has 1 saturated heterocycles. The lowest BCUT2D eigenvalue weighted by Gasteiger charge is -2.40. The van der Waals surface area contributed by atoms with Crippen molar-refractivity contribution >= 4 is 33.2 Å². The second kappa shape index (κ2) is 6.39. The van der Waals surface area contributed by atoms with Gasteiger partial charge in [0, 0.05) is 35.3 Å². The number of rotatable bonds is 2. The van der Waals surface area contributed by atoms with Crippen LogP contribution in [-0.4, -0.2) is 19.1 Å². The monoisotopic (exact) mass is 364 g/mol. The molecule has 1 heterocycles. The van der Waals surface area contributed by atoms with Crippen molar-refractivity contribution < 1.29 is 0 Å². The van der Waals surface area contributed by atoms with E-state index in [0.717, 1.165) is 22.6 Å². The van der Waals surface area contributed by atoms with E-state index in [4.69, 9.17) is 11.6 Å². The highest BCUT2D eigenvalue weighted by Gasteiger charge is 2.26. The second-order valence-corrected chi connectivity index (χ2v) is 6.73. The lowest BCUT2D eigenvalue weighted by atomic mass is 10.0. The van der Waals surface area contributed by atoms with Gasteiger partial charge in [-0.15, -0.1) is 0 Å². The summed E-state index contributed by atoms with van der Waals surface area (Å²) in [6, 6.07) is 17.6. The first-order chi connectivity index (χ1) is 10.1. The van der Waals surface area contributed by atoms with Crippen LogP contribution in [0.5, 0.6) is 0 Å². The first-order valence-corrected chi connectivity index (χ1v) is 8.32. The molecule has 0 aliphatic carbocycles. The summed E-state index contributed by atoms with van der Waals surface area (Å²) in [6.45, 7) is 4.18. The fourth-order valence-corrected chi connectivity index (χ4v) is 3.28. The average molecular weight is 366 g/mol. The number of hydrogen-bond donors (Lipinski definition) is 1. The summed E-state index contributed by atoms with van der Waals surface area (Å²) in [5.41, 5.74) is 2.55. The van der Waals surface area contributed by atoms with Crippen molar-refractivity contribution in [2.75, 3.05) is 18.0 Å². The smallest absolute Gasteiger partial charge is 0.0549 e. The molecule has 2 atom stereocenters. The van der Waals surface area contributed by atoms with Gasteiger partial charge >= 0.3 is 0 Å². The van der Waals surface area contributed by atoms with E-state index in [-0.39, 0.29) is 0 Å².